The van der Waals surface area contributed by atoms with E-state index < -0.39 is 0 Å². The lowest BCUT2D eigenvalue weighted by molar-refractivity contribution is 0.739. The molecule has 0 radical (unpaired) electrons. The molecule has 10 heavy (non-hydrogen) atoms. The Hall–Kier alpha value is -0.960. The molecule has 3 heteroatoms. The maximum atomic E-state index is 5.44. The van der Waals surface area contributed by atoms with Gasteiger partial charge in [-0.05, 0) is 0 Å². The van der Waals surface area contributed by atoms with E-state index in [9.17, 15) is 0 Å². The minimum Gasteiger partial charge on any atom is -0.330 e. The molecule has 0 aliphatic carbocycles. The first kappa shape index (κ1) is 7.15. The molecule has 0 aliphatic heterocycles. The number of hydrogen-bond acceptors (Lipinski definition) is 3. The third-order valence-corrected chi connectivity index (χ3v) is 1.44. The third kappa shape index (κ3) is 1.51. The number of hydrogen-bond donors (Lipinski definition) is 1. The van der Waals surface area contributed by atoms with Gasteiger partial charge in [0.15, 0.2) is 0 Å². The molecule has 0 saturated heterocycles. The maximum Gasteiger partial charge on any atom is 0.0627 e. The summed E-state index contributed by atoms with van der Waals surface area (Å²) in [5, 5.41) is 0. The molecule has 1 rings (SSSR count). The first-order valence-corrected chi connectivity index (χ1v) is 3.30. The fourth-order valence-electron chi connectivity index (χ4n) is 0.686. The minimum atomic E-state index is 0.314. The highest BCUT2D eigenvalue weighted by Gasteiger charge is 2.01. The number of nitrogens with two attached hydrogens (primary N) is 1. The largest absolute Gasteiger partial charge is 0.330 e. The van der Waals surface area contributed by atoms with E-state index in [1.807, 2.05) is 6.92 Å². The molecule has 3 nitrogen and oxygen atoms in total. The summed E-state index contributed by atoms with van der Waals surface area (Å²) < 4.78 is 0. The third-order valence-electron chi connectivity index (χ3n) is 1.44. The molecule has 0 unspecified atom stereocenters. The van der Waals surface area contributed by atoms with Crippen LogP contribution >= 0.6 is 0 Å². The van der Waals surface area contributed by atoms with Gasteiger partial charge in [-0.15, -0.1) is 0 Å². The summed E-state index contributed by atoms with van der Waals surface area (Å²) in [5.74, 6) is 0.314. The Morgan fingerprint density at radius 2 is 2.40 bits per heavy atom. The molecule has 0 bridgehead atoms. The molecular weight excluding hydrogens is 126 g/mol. The van der Waals surface area contributed by atoms with Crippen molar-refractivity contribution in [2.75, 3.05) is 6.54 Å². The van der Waals surface area contributed by atoms with Crippen molar-refractivity contribution in [1.29, 1.82) is 0 Å². The van der Waals surface area contributed by atoms with Crippen LogP contribution in [0.15, 0.2) is 18.6 Å². The predicted molar refractivity (Wildman–Crippen MR) is 39.5 cm³/mol. The first-order chi connectivity index (χ1) is 4.84. The first-order valence-electron chi connectivity index (χ1n) is 3.30. The zero-order valence-electron chi connectivity index (χ0n) is 5.99. The van der Waals surface area contributed by atoms with E-state index in [1.54, 1.807) is 18.6 Å². The Kier molecular flexibility index (Phi) is 2.34. The summed E-state index contributed by atoms with van der Waals surface area (Å²) in [6.07, 6.45) is 5.09. The summed E-state index contributed by atoms with van der Waals surface area (Å²) in [7, 11) is 0. The Balaban J connectivity index is 2.75. The van der Waals surface area contributed by atoms with Gasteiger partial charge in [0.1, 0.15) is 0 Å². The van der Waals surface area contributed by atoms with Crippen molar-refractivity contribution in [2.45, 2.75) is 12.8 Å². The van der Waals surface area contributed by atoms with Crippen LogP contribution in [0.3, 0.4) is 0 Å². The minimum absolute atomic E-state index is 0.314. The van der Waals surface area contributed by atoms with Crippen LogP contribution in [-0.2, 0) is 0 Å². The molecule has 0 aliphatic rings. The average Bonchev–Trinajstić information content (AvgIpc) is 2.05. The maximum absolute atomic E-state index is 5.44. The van der Waals surface area contributed by atoms with Crippen LogP contribution in [0.2, 0.25) is 0 Å². The Bertz CT molecular complexity index is 185. The van der Waals surface area contributed by atoms with Gasteiger partial charge in [0.2, 0.25) is 0 Å². The normalized spacial score (nSPS) is 13.0. The SMILES string of the molecule is C[C@H](CN)c1cnccn1. The Labute approximate surface area is 60.3 Å². The second kappa shape index (κ2) is 3.27. The van der Waals surface area contributed by atoms with E-state index in [-0.39, 0.29) is 0 Å². The van der Waals surface area contributed by atoms with Crippen LogP contribution in [0, 0.1) is 0 Å². The van der Waals surface area contributed by atoms with E-state index in [0.29, 0.717) is 12.5 Å². The molecule has 54 valence electrons. The quantitative estimate of drug-likeness (QED) is 0.647. The number of nitrogens with zero attached hydrogens (tertiary/aromatic N) is 2. The molecule has 0 aromatic carbocycles. The van der Waals surface area contributed by atoms with Gasteiger partial charge in [-0.25, -0.2) is 0 Å². The van der Waals surface area contributed by atoms with Gasteiger partial charge >= 0.3 is 0 Å². The van der Waals surface area contributed by atoms with Gasteiger partial charge in [0, 0.05) is 31.1 Å². The molecule has 1 aromatic rings. The number of aromatic nitrogens is 2. The fraction of sp³-hybridized carbons (Fsp3) is 0.429. The molecule has 1 heterocycles. The van der Waals surface area contributed by atoms with Crippen molar-refractivity contribution in [3.8, 4) is 0 Å². The van der Waals surface area contributed by atoms with Gasteiger partial charge in [-0.1, -0.05) is 6.92 Å². The van der Waals surface area contributed by atoms with Crippen molar-refractivity contribution >= 4 is 0 Å². The fourth-order valence-corrected chi connectivity index (χ4v) is 0.686. The lowest BCUT2D eigenvalue weighted by atomic mass is 10.1. The molecule has 1 atom stereocenters. The van der Waals surface area contributed by atoms with Gasteiger partial charge < -0.3 is 5.73 Å². The van der Waals surface area contributed by atoms with E-state index in [2.05, 4.69) is 9.97 Å². The van der Waals surface area contributed by atoms with Crippen molar-refractivity contribution < 1.29 is 0 Å². The van der Waals surface area contributed by atoms with Crippen LogP contribution < -0.4 is 5.73 Å². The summed E-state index contributed by atoms with van der Waals surface area (Å²) >= 11 is 0. The highest BCUT2D eigenvalue weighted by Crippen LogP contribution is 2.06. The summed E-state index contributed by atoms with van der Waals surface area (Å²) in [5.41, 5.74) is 6.40. The van der Waals surface area contributed by atoms with Crippen LogP contribution in [-0.4, -0.2) is 16.5 Å². The van der Waals surface area contributed by atoms with Crippen molar-refractivity contribution in [3.63, 3.8) is 0 Å². The Morgan fingerprint density at radius 3 is 2.90 bits per heavy atom. The van der Waals surface area contributed by atoms with Gasteiger partial charge in [-0.3, -0.25) is 9.97 Å². The highest BCUT2D eigenvalue weighted by molar-refractivity contribution is 5.01. The summed E-state index contributed by atoms with van der Waals surface area (Å²) in [6.45, 7) is 2.66. The lowest BCUT2D eigenvalue weighted by Crippen LogP contribution is -2.10. The van der Waals surface area contributed by atoms with Crippen LogP contribution in [0.25, 0.3) is 0 Å². The van der Waals surface area contributed by atoms with E-state index >= 15 is 0 Å². The van der Waals surface area contributed by atoms with Crippen LogP contribution in [0.1, 0.15) is 18.5 Å². The van der Waals surface area contributed by atoms with Crippen molar-refractivity contribution in [3.05, 3.63) is 24.3 Å². The van der Waals surface area contributed by atoms with Gasteiger partial charge in [0.05, 0.1) is 5.69 Å². The zero-order valence-corrected chi connectivity index (χ0v) is 5.99. The molecule has 2 N–H and O–H groups in total. The monoisotopic (exact) mass is 137 g/mol. The summed E-state index contributed by atoms with van der Waals surface area (Å²) in [6, 6.07) is 0. The van der Waals surface area contributed by atoms with Crippen molar-refractivity contribution in [1.82, 2.24) is 9.97 Å². The van der Waals surface area contributed by atoms with Gasteiger partial charge in [0.25, 0.3) is 0 Å². The van der Waals surface area contributed by atoms with E-state index in [1.165, 1.54) is 0 Å². The van der Waals surface area contributed by atoms with E-state index in [4.69, 9.17) is 5.73 Å². The zero-order chi connectivity index (χ0) is 7.40. The van der Waals surface area contributed by atoms with Crippen molar-refractivity contribution in [2.24, 2.45) is 5.73 Å². The smallest absolute Gasteiger partial charge is 0.0627 e. The highest BCUT2D eigenvalue weighted by atomic mass is 14.8. The van der Waals surface area contributed by atoms with Crippen LogP contribution in [0.4, 0.5) is 0 Å². The average molecular weight is 137 g/mol. The predicted octanol–water partition coefficient (Wildman–Crippen LogP) is 0.539. The van der Waals surface area contributed by atoms with Crippen LogP contribution in [0.5, 0.6) is 0 Å². The molecule has 1 aromatic heterocycles. The molecule has 0 saturated carbocycles. The lowest BCUT2D eigenvalue weighted by Gasteiger charge is -2.04. The second-order valence-electron chi connectivity index (χ2n) is 2.27. The molecule has 0 fully saturated rings. The molecular formula is C7H11N3. The number of rotatable bonds is 2. The molecule has 0 spiro atoms. The van der Waals surface area contributed by atoms with E-state index in [0.717, 1.165) is 5.69 Å². The second-order valence-corrected chi connectivity index (χ2v) is 2.27. The van der Waals surface area contributed by atoms with Gasteiger partial charge in [-0.2, -0.15) is 0 Å². The molecule has 0 amide bonds. The summed E-state index contributed by atoms with van der Waals surface area (Å²) in [4.78, 5) is 8.04. The Morgan fingerprint density at radius 1 is 1.60 bits per heavy atom. The topological polar surface area (TPSA) is 51.8 Å². The standard InChI is InChI=1S/C7H11N3/c1-6(4-8)7-5-9-2-3-10-7/h2-3,5-6H,4,8H2,1H3/t6-/m1/s1.